The molecule has 0 aliphatic rings. The van der Waals surface area contributed by atoms with Crippen LogP contribution < -0.4 is 0 Å². The minimum Gasteiger partial charge on any atom is -0.292 e. The molecular weight excluding hydrogens is 689 g/mol. The minimum absolute atomic E-state index is 0.941. The van der Waals surface area contributed by atoms with E-state index in [1.165, 1.54) is 86.9 Å². The maximum atomic E-state index is 5.13. The molecule has 0 atom stereocenters. The Bertz CT molecular complexity index is 3560. The summed E-state index contributed by atoms with van der Waals surface area (Å²) in [7, 11) is 0. The molecule has 0 amide bonds. The molecule has 0 aliphatic carbocycles. The first-order valence-electron chi connectivity index (χ1n) is 19.6. The van der Waals surface area contributed by atoms with Crippen LogP contribution in [-0.4, -0.2) is 9.55 Å². The summed E-state index contributed by atoms with van der Waals surface area (Å²) in [6.07, 6.45) is 0. The Labute approximate surface area is 329 Å². The van der Waals surface area contributed by atoms with Crippen LogP contribution in [0, 0.1) is 0 Å². The molecule has 0 saturated carbocycles. The van der Waals surface area contributed by atoms with Crippen molar-refractivity contribution in [1.29, 1.82) is 0 Å². The lowest BCUT2D eigenvalue weighted by atomic mass is 9.88. The summed E-state index contributed by atoms with van der Waals surface area (Å²) in [5, 5.41) is 15.2. The standard InChI is InChI=1S/C55H34N2/c1-2-13-38(14-3-1)55-56-50-23-10-11-24-52(50)57(55)51-32-31-41(42-16-8-9-21-47(42)51)36-27-25-35(26-28-36)40-33-39-30-29-37-15-12-22-48-45-19-6-4-17-43(45)44-18-5-7-20-46(44)49(34-40)54(39)53(37)48/h1-34H. The molecule has 0 spiro atoms. The summed E-state index contributed by atoms with van der Waals surface area (Å²) in [6.45, 7) is 0. The predicted molar refractivity (Wildman–Crippen MR) is 242 cm³/mol. The molecule has 57 heavy (non-hydrogen) atoms. The van der Waals surface area contributed by atoms with Gasteiger partial charge in [0.2, 0.25) is 0 Å². The first-order valence-corrected chi connectivity index (χ1v) is 19.6. The Balaban J connectivity index is 1.03. The van der Waals surface area contributed by atoms with Gasteiger partial charge in [0.15, 0.2) is 0 Å². The van der Waals surface area contributed by atoms with Gasteiger partial charge in [0.1, 0.15) is 5.82 Å². The highest BCUT2D eigenvalue weighted by Crippen LogP contribution is 2.43. The fourth-order valence-corrected chi connectivity index (χ4v) is 9.37. The van der Waals surface area contributed by atoms with Crippen LogP contribution in [0.1, 0.15) is 0 Å². The SMILES string of the molecule is c1ccc(-c2nc3ccccc3n2-c2ccc(-c3ccc(-c4cc5ccc6cccc7c8ccccc8c8ccccc8c(c4)c5c67)cc3)c3ccccc23)cc1. The van der Waals surface area contributed by atoms with E-state index in [1.807, 2.05) is 0 Å². The van der Waals surface area contributed by atoms with Crippen molar-refractivity contribution in [2.75, 3.05) is 0 Å². The second-order valence-electron chi connectivity index (χ2n) is 15.1. The number of aromatic nitrogens is 2. The Kier molecular flexibility index (Phi) is 6.96. The Hall–Kier alpha value is -7.55. The lowest BCUT2D eigenvalue weighted by Crippen LogP contribution is -1.99. The third kappa shape index (κ3) is 4.87. The highest BCUT2D eigenvalue weighted by Gasteiger charge is 2.18. The molecule has 12 aromatic rings. The average Bonchev–Trinajstić information content (AvgIpc) is 3.67. The van der Waals surface area contributed by atoms with Crippen LogP contribution in [0.15, 0.2) is 206 Å². The van der Waals surface area contributed by atoms with Crippen LogP contribution in [0.2, 0.25) is 0 Å². The van der Waals surface area contributed by atoms with Crippen LogP contribution in [0.25, 0.3) is 115 Å². The number of fused-ring (bicyclic) bond motifs is 7. The molecule has 0 saturated heterocycles. The number of rotatable bonds is 4. The zero-order valence-electron chi connectivity index (χ0n) is 31.0. The molecule has 11 aromatic carbocycles. The van der Waals surface area contributed by atoms with Gasteiger partial charge in [-0.25, -0.2) is 4.98 Å². The Morgan fingerprint density at radius 1 is 0.316 bits per heavy atom. The zero-order valence-corrected chi connectivity index (χ0v) is 31.0. The number of para-hydroxylation sites is 2. The monoisotopic (exact) mass is 722 g/mol. The Morgan fingerprint density at radius 2 is 0.895 bits per heavy atom. The van der Waals surface area contributed by atoms with E-state index < -0.39 is 0 Å². The van der Waals surface area contributed by atoms with Gasteiger partial charge >= 0.3 is 0 Å². The minimum atomic E-state index is 0.941. The second-order valence-corrected chi connectivity index (χ2v) is 15.1. The van der Waals surface area contributed by atoms with Gasteiger partial charge < -0.3 is 0 Å². The van der Waals surface area contributed by atoms with E-state index in [9.17, 15) is 0 Å². The molecular formula is C55H34N2. The third-order valence-corrected chi connectivity index (χ3v) is 11.9. The second kappa shape index (κ2) is 12.5. The van der Waals surface area contributed by atoms with Crippen molar-refractivity contribution in [3.05, 3.63) is 206 Å². The molecule has 12 rings (SSSR count). The maximum absolute atomic E-state index is 5.13. The van der Waals surface area contributed by atoms with Gasteiger partial charge in [0.25, 0.3) is 0 Å². The van der Waals surface area contributed by atoms with E-state index in [-0.39, 0.29) is 0 Å². The van der Waals surface area contributed by atoms with Gasteiger partial charge in [-0.2, -0.15) is 0 Å². The molecule has 264 valence electrons. The quantitative estimate of drug-likeness (QED) is 0.165. The summed E-state index contributed by atoms with van der Waals surface area (Å²) >= 11 is 0. The van der Waals surface area contributed by atoms with Crippen molar-refractivity contribution in [2.45, 2.75) is 0 Å². The molecule has 0 fully saturated rings. The number of nitrogens with zero attached hydrogens (tertiary/aromatic N) is 2. The van der Waals surface area contributed by atoms with Crippen molar-refractivity contribution in [3.8, 4) is 39.3 Å². The van der Waals surface area contributed by atoms with E-state index in [1.54, 1.807) is 0 Å². The highest BCUT2D eigenvalue weighted by molar-refractivity contribution is 6.33. The van der Waals surface area contributed by atoms with Crippen molar-refractivity contribution >= 4 is 75.7 Å². The van der Waals surface area contributed by atoms with E-state index >= 15 is 0 Å². The van der Waals surface area contributed by atoms with Gasteiger partial charge in [-0.1, -0.05) is 176 Å². The van der Waals surface area contributed by atoms with Crippen molar-refractivity contribution < 1.29 is 0 Å². The summed E-state index contributed by atoms with van der Waals surface area (Å²) < 4.78 is 2.32. The molecule has 0 unspecified atom stereocenters. The average molecular weight is 723 g/mol. The van der Waals surface area contributed by atoms with Crippen molar-refractivity contribution in [1.82, 2.24) is 9.55 Å². The smallest absolute Gasteiger partial charge is 0.145 e. The van der Waals surface area contributed by atoms with Crippen LogP contribution in [0.5, 0.6) is 0 Å². The fraction of sp³-hybridized carbons (Fsp3) is 0. The van der Waals surface area contributed by atoms with Gasteiger partial charge in [0, 0.05) is 10.9 Å². The number of hydrogen-bond acceptors (Lipinski definition) is 1. The van der Waals surface area contributed by atoms with Crippen LogP contribution in [-0.2, 0) is 0 Å². The van der Waals surface area contributed by atoms with Crippen LogP contribution >= 0.6 is 0 Å². The molecule has 2 nitrogen and oxygen atoms in total. The van der Waals surface area contributed by atoms with E-state index in [2.05, 4.69) is 211 Å². The van der Waals surface area contributed by atoms with E-state index in [4.69, 9.17) is 4.98 Å². The molecule has 0 aliphatic heterocycles. The molecule has 1 aromatic heterocycles. The summed E-state index contributed by atoms with van der Waals surface area (Å²) in [6, 6.07) is 75.3. The van der Waals surface area contributed by atoms with Crippen LogP contribution in [0.3, 0.4) is 0 Å². The first-order chi connectivity index (χ1) is 28.3. The number of hydrogen-bond donors (Lipinski definition) is 0. The number of benzene rings is 10. The lowest BCUT2D eigenvalue weighted by molar-refractivity contribution is 1.11. The topological polar surface area (TPSA) is 17.8 Å². The van der Waals surface area contributed by atoms with Gasteiger partial charge in [-0.15, -0.1) is 0 Å². The van der Waals surface area contributed by atoms with Crippen molar-refractivity contribution in [3.63, 3.8) is 0 Å². The van der Waals surface area contributed by atoms with Crippen molar-refractivity contribution in [2.24, 2.45) is 0 Å². The Morgan fingerprint density at radius 3 is 1.67 bits per heavy atom. The van der Waals surface area contributed by atoms with E-state index in [0.717, 1.165) is 28.1 Å². The first kappa shape index (κ1) is 31.8. The lowest BCUT2D eigenvalue weighted by Gasteiger charge is -2.16. The molecule has 0 radical (unpaired) electrons. The summed E-state index contributed by atoms with van der Waals surface area (Å²) in [5.74, 6) is 0.941. The van der Waals surface area contributed by atoms with Crippen LogP contribution in [0.4, 0.5) is 0 Å². The predicted octanol–water partition coefficient (Wildman–Crippen LogP) is 14.9. The van der Waals surface area contributed by atoms with Gasteiger partial charge in [-0.3, -0.25) is 4.57 Å². The third-order valence-electron chi connectivity index (χ3n) is 11.9. The molecule has 1 heterocycles. The maximum Gasteiger partial charge on any atom is 0.145 e. The summed E-state index contributed by atoms with van der Waals surface area (Å²) in [5.41, 5.74) is 9.09. The molecule has 0 bridgehead atoms. The normalized spacial score (nSPS) is 11.9. The molecule has 2 heteroatoms. The van der Waals surface area contributed by atoms with E-state index in [0.29, 0.717) is 0 Å². The van der Waals surface area contributed by atoms with Gasteiger partial charge in [0.05, 0.1) is 16.7 Å². The fourth-order valence-electron chi connectivity index (χ4n) is 9.37. The largest absolute Gasteiger partial charge is 0.292 e. The summed E-state index contributed by atoms with van der Waals surface area (Å²) in [4.78, 5) is 5.13. The number of imidazole rings is 1. The zero-order chi connectivity index (χ0) is 37.5. The highest BCUT2D eigenvalue weighted by atomic mass is 15.1. The molecule has 0 N–H and O–H groups in total. The van der Waals surface area contributed by atoms with Gasteiger partial charge in [-0.05, 0) is 112 Å².